The molecule has 0 aliphatic carbocycles. The second-order valence-corrected chi connectivity index (χ2v) is 5.58. The second kappa shape index (κ2) is 7.08. The largest absolute Gasteiger partial charge is 0.370 e. The molecule has 0 bridgehead atoms. The van der Waals surface area contributed by atoms with Gasteiger partial charge in [0, 0.05) is 25.2 Å². The van der Waals surface area contributed by atoms with E-state index < -0.39 is 0 Å². The van der Waals surface area contributed by atoms with Crippen LogP contribution in [0.5, 0.6) is 0 Å². The average Bonchev–Trinajstić information content (AvgIpc) is 2.54. The van der Waals surface area contributed by atoms with E-state index in [9.17, 15) is 14.9 Å². The number of rotatable bonds is 4. The molecular weight excluding hydrogens is 278 g/mol. The predicted octanol–water partition coefficient (Wildman–Crippen LogP) is 2.11. The maximum absolute atomic E-state index is 12.0. The Morgan fingerprint density at radius 3 is 2.86 bits per heavy atom. The number of nitriles is 1. The minimum atomic E-state index is -0.0683. The van der Waals surface area contributed by atoms with Gasteiger partial charge in [-0.2, -0.15) is 5.26 Å². The van der Waals surface area contributed by atoms with Gasteiger partial charge in [0.2, 0.25) is 5.91 Å². The molecule has 1 heterocycles. The lowest BCUT2D eigenvalue weighted by molar-refractivity contribution is -0.125. The molecule has 1 atom stereocenters. The number of nitrogens with one attached hydrogen (secondary N) is 1. The standard InChI is InChI=1S/C17H21N3O2/c1-3-19-17(22)15-5-4-8-20(11-15)16-9-13(12(2)21)6-7-14(16)10-18/h6-7,9,15H,3-5,8,11H2,1-2H3,(H,19,22). The first kappa shape index (κ1) is 16.0. The van der Waals surface area contributed by atoms with Crippen molar-refractivity contribution in [2.75, 3.05) is 24.5 Å². The van der Waals surface area contributed by atoms with Crippen LogP contribution < -0.4 is 10.2 Å². The molecule has 2 rings (SSSR count). The lowest BCUT2D eigenvalue weighted by Crippen LogP contribution is -2.43. The normalized spacial score (nSPS) is 17.7. The number of amides is 1. The molecule has 0 aromatic heterocycles. The van der Waals surface area contributed by atoms with E-state index in [1.807, 2.05) is 6.92 Å². The molecule has 5 nitrogen and oxygen atoms in total. The zero-order valence-corrected chi connectivity index (χ0v) is 13.1. The van der Waals surface area contributed by atoms with E-state index in [1.165, 1.54) is 6.92 Å². The van der Waals surface area contributed by atoms with E-state index in [2.05, 4.69) is 16.3 Å². The van der Waals surface area contributed by atoms with Crippen LogP contribution in [0, 0.1) is 17.2 Å². The topological polar surface area (TPSA) is 73.2 Å². The number of carbonyl (C=O) groups is 2. The third-order valence-electron chi connectivity index (χ3n) is 4.01. The van der Waals surface area contributed by atoms with E-state index in [-0.39, 0.29) is 17.6 Å². The second-order valence-electron chi connectivity index (χ2n) is 5.58. The van der Waals surface area contributed by atoms with Crippen molar-refractivity contribution in [2.45, 2.75) is 26.7 Å². The van der Waals surface area contributed by atoms with Gasteiger partial charge in [-0.05, 0) is 44.9 Å². The zero-order chi connectivity index (χ0) is 16.1. The molecule has 1 saturated heterocycles. The lowest BCUT2D eigenvalue weighted by atomic mass is 9.95. The van der Waals surface area contributed by atoms with Crippen LogP contribution in [-0.2, 0) is 4.79 Å². The quantitative estimate of drug-likeness (QED) is 0.864. The molecule has 1 aliphatic rings. The van der Waals surface area contributed by atoms with Crippen molar-refractivity contribution in [3.8, 4) is 6.07 Å². The Kier molecular flexibility index (Phi) is 5.16. The summed E-state index contributed by atoms with van der Waals surface area (Å²) >= 11 is 0. The van der Waals surface area contributed by atoms with Gasteiger partial charge in [0.1, 0.15) is 6.07 Å². The first-order valence-electron chi connectivity index (χ1n) is 7.64. The van der Waals surface area contributed by atoms with Crippen molar-refractivity contribution in [2.24, 2.45) is 5.92 Å². The van der Waals surface area contributed by atoms with Gasteiger partial charge in [0.15, 0.2) is 5.78 Å². The van der Waals surface area contributed by atoms with E-state index in [0.29, 0.717) is 24.2 Å². The third-order valence-corrected chi connectivity index (χ3v) is 4.01. The monoisotopic (exact) mass is 299 g/mol. The summed E-state index contributed by atoms with van der Waals surface area (Å²) in [5.41, 5.74) is 1.89. The van der Waals surface area contributed by atoms with Crippen molar-refractivity contribution >= 4 is 17.4 Å². The first-order chi connectivity index (χ1) is 10.6. The van der Waals surface area contributed by atoms with Gasteiger partial charge in [-0.3, -0.25) is 9.59 Å². The highest BCUT2D eigenvalue weighted by molar-refractivity contribution is 5.95. The maximum atomic E-state index is 12.0. The highest BCUT2D eigenvalue weighted by Crippen LogP contribution is 2.27. The van der Waals surface area contributed by atoms with Crippen LogP contribution in [0.15, 0.2) is 18.2 Å². The van der Waals surface area contributed by atoms with Crippen LogP contribution in [0.4, 0.5) is 5.69 Å². The molecular formula is C17H21N3O2. The molecule has 116 valence electrons. The summed E-state index contributed by atoms with van der Waals surface area (Å²) in [6, 6.07) is 7.30. The average molecular weight is 299 g/mol. The van der Waals surface area contributed by atoms with Crippen LogP contribution in [0.2, 0.25) is 0 Å². The summed E-state index contributed by atoms with van der Waals surface area (Å²) < 4.78 is 0. The van der Waals surface area contributed by atoms with Crippen molar-refractivity contribution in [1.82, 2.24) is 5.32 Å². The van der Waals surface area contributed by atoms with E-state index in [1.54, 1.807) is 18.2 Å². The molecule has 1 fully saturated rings. The number of Topliss-reactive ketones (excluding diaryl/α,β-unsaturated/α-hetero) is 1. The van der Waals surface area contributed by atoms with E-state index >= 15 is 0 Å². The minimum absolute atomic E-state index is 0.0250. The number of hydrogen-bond acceptors (Lipinski definition) is 4. The summed E-state index contributed by atoms with van der Waals surface area (Å²) in [7, 11) is 0. The number of hydrogen-bond donors (Lipinski definition) is 1. The Labute approximate surface area is 130 Å². The van der Waals surface area contributed by atoms with Gasteiger partial charge in [0.25, 0.3) is 0 Å². The molecule has 1 aliphatic heterocycles. The third kappa shape index (κ3) is 3.45. The van der Waals surface area contributed by atoms with Crippen LogP contribution in [0.1, 0.15) is 42.6 Å². The summed E-state index contributed by atoms with van der Waals surface area (Å²) in [6.07, 6.45) is 1.76. The predicted molar refractivity (Wildman–Crippen MR) is 84.8 cm³/mol. The summed E-state index contributed by atoms with van der Waals surface area (Å²) in [5.74, 6) is -0.0299. The highest BCUT2D eigenvalue weighted by Gasteiger charge is 2.27. The molecule has 5 heteroatoms. The fraction of sp³-hybridized carbons (Fsp3) is 0.471. The SMILES string of the molecule is CCNC(=O)C1CCCN(c2cc(C(C)=O)ccc2C#N)C1. The van der Waals surface area contributed by atoms with Crippen LogP contribution in [-0.4, -0.2) is 31.3 Å². The molecule has 1 N–H and O–H groups in total. The zero-order valence-electron chi connectivity index (χ0n) is 13.1. The molecule has 1 aromatic carbocycles. The number of piperidine rings is 1. The molecule has 0 spiro atoms. The van der Waals surface area contributed by atoms with Gasteiger partial charge in [-0.1, -0.05) is 0 Å². The Morgan fingerprint density at radius 2 is 2.23 bits per heavy atom. The molecule has 22 heavy (non-hydrogen) atoms. The minimum Gasteiger partial charge on any atom is -0.370 e. The van der Waals surface area contributed by atoms with Crippen molar-refractivity contribution in [3.05, 3.63) is 29.3 Å². The van der Waals surface area contributed by atoms with Crippen LogP contribution in [0.25, 0.3) is 0 Å². The maximum Gasteiger partial charge on any atom is 0.224 e. The molecule has 0 saturated carbocycles. The van der Waals surface area contributed by atoms with Crippen LogP contribution >= 0.6 is 0 Å². The van der Waals surface area contributed by atoms with Crippen molar-refractivity contribution < 1.29 is 9.59 Å². The van der Waals surface area contributed by atoms with Gasteiger partial charge >= 0.3 is 0 Å². The smallest absolute Gasteiger partial charge is 0.224 e. The number of ketones is 1. The van der Waals surface area contributed by atoms with E-state index in [4.69, 9.17) is 0 Å². The first-order valence-corrected chi connectivity index (χ1v) is 7.64. The summed E-state index contributed by atoms with van der Waals surface area (Å²) in [6.45, 7) is 5.42. The Hall–Kier alpha value is -2.35. The molecule has 1 unspecified atom stereocenters. The number of carbonyl (C=O) groups excluding carboxylic acids is 2. The van der Waals surface area contributed by atoms with Crippen molar-refractivity contribution in [1.29, 1.82) is 5.26 Å². The summed E-state index contributed by atoms with van der Waals surface area (Å²) in [4.78, 5) is 25.7. The van der Waals surface area contributed by atoms with Crippen molar-refractivity contribution in [3.63, 3.8) is 0 Å². The number of anilines is 1. The number of benzene rings is 1. The Balaban J connectivity index is 2.26. The van der Waals surface area contributed by atoms with E-state index in [0.717, 1.165) is 25.1 Å². The van der Waals surface area contributed by atoms with Gasteiger partial charge in [-0.15, -0.1) is 0 Å². The van der Waals surface area contributed by atoms with Crippen LogP contribution in [0.3, 0.4) is 0 Å². The Morgan fingerprint density at radius 1 is 1.45 bits per heavy atom. The highest BCUT2D eigenvalue weighted by atomic mass is 16.2. The van der Waals surface area contributed by atoms with Gasteiger partial charge in [-0.25, -0.2) is 0 Å². The fourth-order valence-electron chi connectivity index (χ4n) is 2.84. The van der Waals surface area contributed by atoms with Gasteiger partial charge < -0.3 is 10.2 Å². The molecule has 0 radical (unpaired) electrons. The van der Waals surface area contributed by atoms with Gasteiger partial charge in [0.05, 0.1) is 17.2 Å². The summed E-state index contributed by atoms with van der Waals surface area (Å²) in [5, 5.41) is 12.2. The Bertz CT molecular complexity index is 619. The molecule has 1 aromatic rings. The number of nitrogens with zero attached hydrogens (tertiary/aromatic N) is 2. The lowest BCUT2D eigenvalue weighted by Gasteiger charge is -2.34. The molecule has 1 amide bonds. The fourth-order valence-corrected chi connectivity index (χ4v) is 2.84.